The van der Waals surface area contributed by atoms with Crippen molar-refractivity contribution in [2.75, 3.05) is 0 Å². The summed E-state index contributed by atoms with van der Waals surface area (Å²) in [6.45, 7) is 0. The van der Waals surface area contributed by atoms with Crippen LogP contribution in [0.2, 0.25) is 0 Å². The molecule has 0 fully saturated rings. The number of hydrogen-bond donors (Lipinski definition) is 1. The van der Waals surface area contributed by atoms with Gasteiger partial charge in [0.1, 0.15) is 17.8 Å². The largest absolute Gasteiger partial charge is 0.478 e. The zero-order valence-corrected chi connectivity index (χ0v) is 8.31. The maximum absolute atomic E-state index is 12.6. The molecule has 3 nitrogen and oxygen atoms in total. The molecule has 0 bridgehead atoms. The van der Waals surface area contributed by atoms with Crippen molar-refractivity contribution in [3.63, 3.8) is 0 Å². The van der Waals surface area contributed by atoms with E-state index in [1.807, 2.05) is 0 Å². The van der Waals surface area contributed by atoms with Crippen LogP contribution in [0.1, 0.15) is 21.7 Å². The second-order valence-electron chi connectivity index (χ2n) is 3.41. The zero-order valence-electron chi connectivity index (χ0n) is 8.31. The highest BCUT2D eigenvalue weighted by atomic mass is 19.1. The highest BCUT2D eigenvalue weighted by Crippen LogP contribution is 2.13. The molecule has 4 heteroatoms. The summed E-state index contributed by atoms with van der Waals surface area (Å²) >= 11 is 0. The van der Waals surface area contributed by atoms with Crippen LogP contribution in [0.25, 0.3) is 0 Å². The molecule has 82 valence electrons. The monoisotopic (exact) mass is 220 g/mol. The summed E-state index contributed by atoms with van der Waals surface area (Å²) in [7, 11) is 0. The number of aromatic carboxylic acids is 1. The van der Waals surface area contributed by atoms with Crippen molar-refractivity contribution in [1.82, 2.24) is 0 Å². The average Bonchev–Trinajstić information content (AvgIpc) is 2.70. The van der Waals surface area contributed by atoms with Crippen LogP contribution >= 0.6 is 0 Å². The van der Waals surface area contributed by atoms with Crippen molar-refractivity contribution in [2.24, 2.45) is 0 Å². The van der Waals surface area contributed by atoms with Gasteiger partial charge in [-0.25, -0.2) is 9.18 Å². The third kappa shape index (κ3) is 2.28. The van der Waals surface area contributed by atoms with Crippen LogP contribution in [-0.2, 0) is 6.42 Å². The molecule has 0 spiro atoms. The van der Waals surface area contributed by atoms with E-state index in [0.29, 0.717) is 12.2 Å². The Balaban J connectivity index is 2.14. The molecule has 1 aromatic carbocycles. The molecule has 0 aliphatic heterocycles. The predicted molar refractivity (Wildman–Crippen MR) is 54.9 cm³/mol. The second kappa shape index (κ2) is 4.18. The van der Waals surface area contributed by atoms with Gasteiger partial charge < -0.3 is 9.52 Å². The van der Waals surface area contributed by atoms with Crippen molar-refractivity contribution in [2.45, 2.75) is 6.42 Å². The van der Waals surface area contributed by atoms with Crippen LogP contribution in [0, 0.1) is 5.82 Å². The van der Waals surface area contributed by atoms with Gasteiger partial charge in [-0.1, -0.05) is 12.1 Å². The second-order valence-corrected chi connectivity index (χ2v) is 3.41. The minimum Gasteiger partial charge on any atom is -0.478 e. The van der Waals surface area contributed by atoms with Crippen LogP contribution in [0.4, 0.5) is 4.39 Å². The molecule has 0 aliphatic carbocycles. The fourth-order valence-electron chi connectivity index (χ4n) is 1.39. The Morgan fingerprint density at radius 3 is 2.56 bits per heavy atom. The highest BCUT2D eigenvalue weighted by Gasteiger charge is 2.08. The zero-order chi connectivity index (χ0) is 11.5. The number of benzene rings is 1. The summed E-state index contributed by atoms with van der Waals surface area (Å²) < 4.78 is 17.7. The van der Waals surface area contributed by atoms with Crippen LogP contribution < -0.4 is 0 Å². The fourth-order valence-corrected chi connectivity index (χ4v) is 1.39. The summed E-state index contributed by atoms with van der Waals surface area (Å²) in [6, 6.07) is 7.45. The van der Waals surface area contributed by atoms with Crippen molar-refractivity contribution in [3.8, 4) is 0 Å². The number of carboxylic acids is 1. The number of furan rings is 1. The fraction of sp³-hybridized carbons (Fsp3) is 0.0833. The Hall–Kier alpha value is -2.10. The number of carboxylic acid groups (broad SMARTS) is 1. The molecule has 0 saturated carbocycles. The van der Waals surface area contributed by atoms with Crippen molar-refractivity contribution in [1.29, 1.82) is 0 Å². The third-order valence-electron chi connectivity index (χ3n) is 2.19. The quantitative estimate of drug-likeness (QED) is 0.865. The summed E-state index contributed by atoms with van der Waals surface area (Å²) in [4.78, 5) is 10.6. The van der Waals surface area contributed by atoms with E-state index >= 15 is 0 Å². The van der Waals surface area contributed by atoms with Gasteiger partial charge in [0.15, 0.2) is 0 Å². The topological polar surface area (TPSA) is 50.4 Å². The number of carbonyl (C=O) groups is 1. The molecule has 1 heterocycles. The van der Waals surface area contributed by atoms with E-state index in [9.17, 15) is 9.18 Å². The molecule has 1 N–H and O–H groups in total. The Bertz CT molecular complexity index is 499. The SMILES string of the molecule is O=C(O)c1coc(Cc2ccc(F)cc2)c1. The number of rotatable bonds is 3. The normalized spacial score (nSPS) is 10.3. The first-order valence-electron chi connectivity index (χ1n) is 4.70. The lowest BCUT2D eigenvalue weighted by molar-refractivity contribution is 0.0696. The first-order chi connectivity index (χ1) is 7.65. The first-order valence-corrected chi connectivity index (χ1v) is 4.70. The number of hydrogen-bond acceptors (Lipinski definition) is 2. The molecule has 0 atom stereocenters. The lowest BCUT2D eigenvalue weighted by Crippen LogP contribution is -1.92. The molecule has 2 rings (SSSR count). The van der Waals surface area contributed by atoms with E-state index in [4.69, 9.17) is 9.52 Å². The molecule has 2 aromatic rings. The smallest absolute Gasteiger partial charge is 0.338 e. The third-order valence-corrected chi connectivity index (χ3v) is 2.19. The Kier molecular flexibility index (Phi) is 2.72. The van der Waals surface area contributed by atoms with E-state index in [0.717, 1.165) is 5.56 Å². The summed E-state index contributed by atoms with van der Waals surface area (Å²) in [6.07, 6.45) is 1.65. The summed E-state index contributed by atoms with van der Waals surface area (Å²) in [5.74, 6) is -0.771. The first kappa shape index (κ1) is 10.4. The van der Waals surface area contributed by atoms with Gasteiger partial charge in [0.05, 0.1) is 5.56 Å². The lowest BCUT2D eigenvalue weighted by Gasteiger charge is -1.97. The Morgan fingerprint density at radius 1 is 1.31 bits per heavy atom. The molecule has 0 aliphatic rings. The highest BCUT2D eigenvalue weighted by molar-refractivity contribution is 5.87. The van der Waals surface area contributed by atoms with Crippen molar-refractivity contribution >= 4 is 5.97 Å². The van der Waals surface area contributed by atoms with Crippen LogP contribution in [0.15, 0.2) is 41.0 Å². The summed E-state index contributed by atoms with van der Waals surface area (Å²) in [5, 5.41) is 8.69. The lowest BCUT2D eigenvalue weighted by atomic mass is 10.1. The minimum absolute atomic E-state index is 0.122. The molecular formula is C12H9FO3. The molecule has 0 radical (unpaired) electrons. The van der Waals surface area contributed by atoms with Crippen LogP contribution in [0.5, 0.6) is 0 Å². The van der Waals surface area contributed by atoms with Crippen LogP contribution in [-0.4, -0.2) is 11.1 Å². The van der Waals surface area contributed by atoms with E-state index in [1.165, 1.54) is 24.5 Å². The Labute approximate surface area is 91.1 Å². The van der Waals surface area contributed by atoms with E-state index < -0.39 is 5.97 Å². The van der Waals surface area contributed by atoms with Gasteiger partial charge >= 0.3 is 5.97 Å². The van der Waals surface area contributed by atoms with Crippen molar-refractivity contribution in [3.05, 3.63) is 59.3 Å². The maximum Gasteiger partial charge on any atom is 0.338 e. The standard InChI is InChI=1S/C12H9FO3/c13-10-3-1-8(2-4-10)5-11-6-9(7-16-11)12(14)15/h1-4,6-7H,5H2,(H,14,15). The molecule has 16 heavy (non-hydrogen) atoms. The molecule has 0 amide bonds. The van der Waals surface area contributed by atoms with Gasteiger partial charge in [0.2, 0.25) is 0 Å². The van der Waals surface area contributed by atoms with E-state index in [2.05, 4.69) is 0 Å². The van der Waals surface area contributed by atoms with Gasteiger partial charge in [0, 0.05) is 6.42 Å². The van der Waals surface area contributed by atoms with Gasteiger partial charge in [-0.05, 0) is 23.8 Å². The molecule has 0 unspecified atom stereocenters. The average molecular weight is 220 g/mol. The number of halogens is 1. The van der Waals surface area contributed by atoms with Crippen molar-refractivity contribution < 1.29 is 18.7 Å². The van der Waals surface area contributed by atoms with Gasteiger partial charge in [0.25, 0.3) is 0 Å². The Morgan fingerprint density at radius 2 is 2.00 bits per heavy atom. The van der Waals surface area contributed by atoms with E-state index in [-0.39, 0.29) is 11.4 Å². The maximum atomic E-state index is 12.6. The molecular weight excluding hydrogens is 211 g/mol. The predicted octanol–water partition coefficient (Wildman–Crippen LogP) is 2.71. The van der Waals surface area contributed by atoms with Gasteiger partial charge in [-0.3, -0.25) is 0 Å². The minimum atomic E-state index is -1.02. The summed E-state index contributed by atoms with van der Waals surface area (Å²) in [5.41, 5.74) is 0.991. The van der Waals surface area contributed by atoms with E-state index in [1.54, 1.807) is 12.1 Å². The van der Waals surface area contributed by atoms with Crippen LogP contribution in [0.3, 0.4) is 0 Å². The van der Waals surface area contributed by atoms with Gasteiger partial charge in [-0.2, -0.15) is 0 Å². The molecule has 0 saturated heterocycles. The molecule has 1 aromatic heterocycles. The van der Waals surface area contributed by atoms with Gasteiger partial charge in [-0.15, -0.1) is 0 Å².